The molecule has 4 heteroatoms. The molecule has 1 atom stereocenters. The van der Waals surface area contributed by atoms with Crippen molar-refractivity contribution >= 4 is 35.5 Å². The molecule has 0 aromatic heterocycles. The van der Waals surface area contributed by atoms with Crippen LogP contribution in [0.25, 0.3) is 0 Å². The van der Waals surface area contributed by atoms with Crippen LogP contribution in [0.5, 0.6) is 0 Å². The SMILES string of the molecule is CCCCCCCCCCCN[C@H](CC(C)C)C(=O)O.[NaH]. The summed E-state index contributed by atoms with van der Waals surface area (Å²) in [5.41, 5.74) is 0. The van der Waals surface area contributed by atoms with Crippen LogP contribution < -0.4 is 5.32 Å². The van der Waals surface area contributed by atoms with E-state index >= 15 is 0 Å². The number of carboxylic acids is 1. The first-order valence-corrected chi connectivity index (χ1v) is 8.54. The predicted octanol–water partition coefficient (Wildman–Crippen LogP) is 3.96. The van der Waals surface area contributed by atoms with Crippen LogP contribution in [-0.2, 0) is 4.79 Å². The molecule has 0 aliphatic carbocycles. The van der Waals surface area contributed by atoms with Gasteiger partial charge in [-0.15, -0.1) is 0 Å². The Bertz CT molecular complexity index is 235. The molecule has 0 aliphatic heterocycles. The molecular weight excluding hydrogens is 273 g/mol. The van der Waals surface area contributed by atoms with Gasteiger partial charge in [-0.1, -0.05) is 72.1 Å². The number of rotatable bonds is 14. The zero-order valence-electron chi connectivity index (χ0n) is 13.8. The van der Waals surface area contributed by atoms with Crippen molar-refractivity contribution in [2.45, 2.75) is 91.0 Å². The Morgan fingerprint density at radius 2 is 1.43 bits per heavy atom. The second-order valence-corrected chi connectivity index (χ2v) is 6.30. The Kier molecular flexibility index (Phi) is 18.9. The van der Waals surface area contributed by atoms with Crippen LogP contribution in [0.1, 0.15) is 85.0 Å². The van der Waals surface area contributed by atoms with E-state index in [1.165, 1.54) is 51.4 Å². The fraction of sp³-hybridized carbons (Fsp3) is 0.941. The number of hydrogen-bond acceptors (Lipinski definition) is 2. The quantitative estimate of drug-likeness (QED) is 0.377. The van der Waals surface area contributed by atoms with Gasteiger partial charge in [0.05, 0.1) is 0 Å². The third kappa shape index (κ3) is 16.6. The van der Waals surface area contributed by atoms with Gasteiger partial charge in [0, 0.05) is 0 Å². The maximum atomic E-state index is 11.1. The van der Waals surface area contributed by atoms with Crippen LogP contribution >= 0.6 is 0 Å². The Hall–Kier alpha value is 0.430. The van der Waals surface area contributed by atoms with Gasteiger partial charge in [-0.25, -0.2) is 0 Å². The molecule has 0 aromatic carbocycles. The van der Waals surface area contributed by atoms with Crippen molar-refractivity contribution in [3.05, 3.63) is 0 Å². The molecule has 0 aliphatic rings. The van der Waals surface area contributed by atoms with Gasteiger partial charge in [0.15, 0.2) is 0 Å². The molecule has 0 bridgehead atoms. The van der Waals surface area contributed by atoms with E-state index in [0.717, 1.165) is 13.0 Å². The molecule has 0 radical (unpaired) electrons. The maximum absolute atomic E-state index is 11.1. The van der Waals surface area contributed by atoms with Crippen LogP contribution in [0.3, 0.4) is 0 Å². The third-order valence-electron chi connectivity index (χ3n) is 3.68. The second kappa shape index (κ2) is 16.8. The van der Waals surface area contributed by atoms with Crippen LogP contribution in [0.2, 0.25) is 0 Å². The van der Waals surface area contributed by atoms with Crippen molar-refractivity contribution in [2.75, 3.05) is 6.54 Å². The van der Waals surface area contributed by atoms with Gasteiger partial charge < -0.3 is 10.4 Å². The monoisotopic (exact) mass is 309 g/mol. The van der Waals surface area contributed by atoms with Crippen molar-refractivity contribution in [1.29, 1.82) is 0 Å². The van der Waals surface area contributed by atoms with E-state index in [4.69, 9.17) is 5.11 Å². The van der Waals surface area contributed by atoms with Crippen molar-refractivity contribution in [3.63, 3.8) is 0 Å². The summed E-state index contributed by atoms with van der Waals surface area (Å²) in [5, 5.41) is 12.3. The summed E-state index contributed by atoms with van der Waals surface area (Å²) in [6.07, 6.45) is 12.4. The number of unbranched alkanes of at least 4 members (excludes halogenated alkanes) is 8. The molecule has 21 heavy (non-hydrogen) atoms. The molecule has 0 spiro atoms. The van der Waals surface area contributed by atoms with E-state index in [0.29, 0.717) is 12.3 Å². The van der Waals surface area contributed by atoms with Gasteiger partial charge in [-0.05, 0) is 25.3 Å². The first kappa shape index (κ1) is 23.7. The zero-order valence-corrected chi connectivity index (χ0v) is 13.8. The van der Waals surface area contributed by atoms with E-state index in [1.54, 1.807) is 0 Å². The fourth-order valence-electron chi connectivity index (χ4n) is 2.45. The molecule has 0 saturated heterocycles. The first-order valence-electron chi connectivity index (χ1n) is 8.54. The summed E-state index contributed by atoms with van der Waals surface area (Å²) < 4.78 is 0. The molecule has 0 aromatic rings. The van der Waals surface area contributed by atoms with E-state index in [2.05, 4.69) is 26.1 Å². The minimum atomic E-state index is -0.713. The molecule has 0 amide bonds. The second-order valence-electron chi connectivity index (χ2n) is 6.30. The van der Waals surface area contributed by atoms with Gasteiger partial charge in [-0.3, -0.25) is 4.79 Å². The molecular formula is C17H36NNaO2. The molecule has 0 unspecified atom stereocenters. The van der Waals surface area contributed by atoms with Crippen LogP contribution in [-0.4, -0.2) is 53.2 Å². The van der Waals surface area contributed by atoms with Crippen molar-refractivity contribution in [2.24, 2.45) is 5.92 Å². The summed E-state index contributed by atoms with van der Waals surface area (Å²) in [5.74, 6) is -0.290. The topological polar surface area (TPSA) is 49.3 Å². The fourth-order valence-corrected chi connectivity index (χ4v) is 2.45. The summed E-state index contributed by atoms with van der Waals surface area (Å²) in [6, 6.07) is -0.371. The van der Waals surface area contributed by atoms with Crippen molar-refractivity contribution in [1.82, 2.24) is 5.32 Å². The van der Waals surface area contributed by atoms with Crippen LogP contribution in [0, 0.1) is 5.92 Å². The molecule has 0 rings (SSSR count). The van der Waals surface area contributed by atoms with Gasteiger partial charge >= 0.3 is 35.5 Å². The third-order valence-corrected chi connectivity index (χ3v) is 3.68. The standard InChI is InChI=1S/C17H35NO2.Na.H/c1-4-5-6-7-8-9-10-11-12-13-18-16(17(19)20)14-15(2)3;;/h15-16,18H,4-14H2,1-3H3,(H,19,20);;/t16-;;/m1../s1. The molecule has 2 N–H and O–H groups in total. The van der Waals surface area contributed by atoms with Crippen LogP contribution in [0.15, 0.2) is 0 Å². The summed E-state index contributed by atoms with van der Waals surface area (Å²) in [7, 11) is 0. The van der Waals surface area contributed by atoms with Gasteiger partial charge in [-0.2, -0.15) is 0 Å². The number of carboxylic acid groups (broad SMARTS) is 1. The zero-order chi connectivity index (χ0) is 15.2. The summed E-state index contributed by atoms with van der Waals surface area (Å²) in [4.78, 5) is 11.1. The Labute approximate surface area is 153 Å². The van der Waals surface area contributed by atoms with E-state index in [9.17, 15) is 4.79 Å². The molecule has 0 fully saturated rings. The number of aliphatic carboxylic acids is 1. The predicted molar refractivity (Wildman–Crippen MR) is 93.3 cm³/mol. The molecule has 3 nitrogen and oxygen atoms in total. The Morgan fingerprint density at radius 1 is 0.952 bits per heavy atom. The number of nitrogens with one attached hydrogen (secondary N) is 1. The van der Waals surface area contributed by atoms with E-state index < -0.39 is 5.97 Å². The minimum absolute atomic E-state index is 0. The molecule has 0 heterocycles. The van der Waals surface area contributed by atoms with Gasteiger partial charge in [0.1, 0.15) is 6.04 Å². The molecule has 122 valence electrons. The van der Waals surface area contributed by atoms with Gasteiger partial charge in [0.2, 0.25) is 0 Å². The first-order chi connectivity index (χ1) is 9.57. The Balaban J connectivity index is 0. The summed E-state index contributed by atoms with van der Waals surface area (Å²) in [6.45, 7) is 7.21. The molecule has 0 saturated carbocycles. The number of hydrogen-bond donors (Lipinski definition) is 2. The van der Waals surface area contributed by atoms with E-state index in [1.807, 2.05) is 0 Å². The van der Waals surface area contributed by atoms with Crippen molar-refractivity contribution in [3.8, 4) is 0 Å². The van der Waals surface area contributed by atoms with Crippen LogP contribution in [0.4, 0.5) is 0 Å². The van der Waals surface area contributed by atoms with E-state index in [-0.39, 0.29) is 35.6 Å². The normalized spacial score (nSPS) is 12.2. The number of carbonyl (C=O) groups is 1. The average Bonchev–Trinajstić information content (AvgIpc) is 2.39. The Morgan fingerprint density at radius 3 is 1.86 bits per heavy atom. The average molecular weight is 309 g/mol. The van der Waals surface area contributed by atoms with Gasteiger partial charge in [0.25, 0.3) is 0 Å². The summed E-state index contributed by atoms with van der Waals surface area (Å²) >= 11 is 0. The van der Waals surface area contributed by atoms with Crippen molar-refractivity contribution < 1.29 is 9.90 Å².